The van der Waals surface area contributed by atoms with Crippen LogP contribution in [0, 0.1) is 0 Å². The van der Waals surface area contributed by atoms with E-state index in [-0.39, 0.29) is 6.61 Å². The molecule has 0 saturated heterocycles. The Morgan fingerprint density at radius 1 is 1.38 bits per heavy atom. The number of halogens is 1. The van der Waals surface area contributed by atoms with E-state index in [0.717, 1.165) is 37.0 Å². The minimum atomic E-state index is 0.285. The van der Waals surface area contributed by atoms with Gasteiger partial charge in [0.2, 0.25) is 0 Å². The van der Waals surface area contributed by atoms with Crippen LogP contribution in [0.25, 0.3) is 0 Å². The molecule has 1 aliphatic carbocycles. The number of benzene rings is 1. The third-order valence-corrected chi connectivity index (χ3v) is 4.73. The minimum absolute atomic E-state index is 0.285. The summed E-state index contributed by atoms with van der Waals surface area (Å²) in [6.07, 6.45) is 5.92. The first-order valence-corrected chi connectivity index (χ1v) is 8.40. The van der Waals surface area contributed by atoms with E-state index in [4.69, 9.17) is 16.7 Å². The zero-order valence-corrected chi connectivity index (χ0v) is 13.6. The molecule has 1 unspecified atom stereocenters. The molecule has 1 aromatic rings. The van der Waals surface area contributed by atoms with Gasteiger partial charge < -0.3 is 15.3 Å². The maximum atomic E-state index is 9.07. The monoisotopic (exact) mass is 310 g/mol. The predicted octanol–water partition coefficient (Wildman–Crippen LogP) is 3.23. The summed E-state index contributed by atoms with van der Waals surface area (Å²) in [7, 11) is 2.01. The van der Waals surface area contributed by atoms with E-state index in [1.54, 1.807) is 0 Å². The lowest BCUT2D eigenvalue weighted by atomic mass is 9.90. The average molecular weight is 311 g/mol. The molecule has 118 valence electrons. The lowest BCUT2D eigenvalue weighted by Crippen LogP contribution is -2.42. The molecule has 1 aromatic carbocycles. The van der Waals surface area contributed by atoms with Gasteiger partial charge in [-0.05, 0) is 50.4 Å². The molecule has 1 saturated carbocycles. The molecular weight excluding hydrogens is 284 g/mol. The van der Waals surface area contributed by atoms with Gasteiger partial charge in [0, 0.05) is 36.8 Å². The second kappa shape index (κ2) is 8.74. The van der Waals surface area contributed by atoms with Crippen molar-refractivity contribution in [2.75, 3.05) is 26.7 Å². The van der Waals surface area contributed by atoms with Crippen LogP contribution in [0.2, 0.25) is 5.02 Å². The molecule has 2 rings (SSSR count). The van der Waals surface area contributed by atoms with Crippen molar-refractivity contribution in [1.29, 1.82) is 0 Å². The molecule has 2 N–H and O–H groups in total. The van der Waals surface area contributed by atoms with Crippen molar-refractivity contribution in [3.63, 3.8) is 0 Å². The summed E-state index contributed by atoms with van der Waals surface area (Å²) in [5, 5.41) is 13.3. The lowest BCUT2D eigenvalue weighted by Gasteiger charge is -2.38. The van der Waals surface area contributed by atoms with Crippen LogP contribution in [0.4, 0.5) is 0 Å². The zero-order valence-electron chi connectivity index (χ0n) is 12.9. The number of nitrogens with one attached hydrogen (secondary N) is 1. The Balaban J connectivity index is 1.90. The smallest absolute Gasteiger partial charge is 0.0443 e. The highest BCUT2D eigenvalue weighted by atomic mass is 35.5. The number of hydrogen-bond donors (Lipinski definition) is 2. The number of aliphatic hydroxyl groups excluding tert-OH is 1. The molecule has 0 bridgehead atoms. The van der Waals surface area contributed by atoms with Crippen molar-refractivity contribution in [2.45, 2.75) is 44.2 Å². The Kier molecular flexibility index (Phi) is 6.97. The van der Waals surface area contributed by atoms with E-state index >= 15 is 0 Å². The predicted molar refractivity (Wildman–Crippen MR) is 88.8 cm³/mol. The lowest BCUT2D eigenvalue weighted by molar-refractivity contribution is 0.112. The number of nitrogens with zero attached hydrogens (tertiary/aromatic N) is 1. The Labute approximate surface area is 133 Å². The van der Waals surface area contributed by atoms with Gasteiger partial charge in [0.15, 0.2) is 0 Å². The molecule has 0 aliphatic heterocycles. The van der Waals surface area contributed by atoms with Crippen LogP contribution in [-0.4, -0.2) is 42.8 Å². The maximum Gasteiger partial charge on any atom is 0.0443 e. The number of hydrogen-bond acceptors (Lipinski definition) is 3. The van der Waals surface area contributed by atoms with E-state index < -0.39 is 0 Å². The molecule has 0 heterocycles. The zero-order chi connectivity index (χ0) is 15.1. The van der Waals surface area contributed by atoms with Crippen LogP contribution < -0.4 is 5.32 Å². The third kappa shape index (κ3) is 4.96. The molecule has 21 heavy (non-hydrogen) atoms. The number of rotatable bonds is 9. The minimum Gasteiger partial charge on any atom is -0.396 e. The van der Waals surface area contributed by atoms with Crippen LogP contribution in [0.15, 0.2) is 24.3 Å². The van der Waals surface area contributed by atoms with E-state index in [2.05, 4.69) is 16.3 Å². The van der Waals surface area contributed by atoms with Gasteiger partial charge in [-0.2, -0.15) is 0 Å². The maximum absolute atomic E-state index is 9.07. The summed E-state index contributed by atoms with van der Waals surface area (Å²) in [5.74, 6) is 0. The van der Waals surface area contributed by atoms with Gasteiger partial charge in [-0.25, -0.2) is 0 Å². The average Bonchev–Trinajstić information content (AvgIpc) is 2.43. The molecule has 0 aromatic heterocycles. The van der Waals surface area contributed by atoms with Crippen molar-refractivity contribution < 1.29 is 5.11 Å². The molecule has 4 heteroatoms. The van der Waals surface area contributed by atoms with Crippen LogP contribution in [0.3, 0.4) is 0 Å². The Morgan fingerprint density at radius 3 is 2.76 bits per heavy atom. The Hall–Kier alpha value is -0.610. The van der Waals surface area contributed by atoms with E-state index in [1.165, 1.54) is 24.8 Å². The molecule has 1 fully saturated rings. The van der Waals surface area contributed by atoms with E-state index in [1.807, 2.05) is 25.2 Å². The third-order valence-electron chi connectivity index (χ3n) is 4.50. The summed E-state index contributed by atoms with van der Waals surface area (Å²) in [4.78, 5) is 2.55. The van der Waals surface area contributed by atoms with Crippen molar-refractivity contribution in [1.82, 2.24) is 10.2 Å². The summed E-state index contributed by atoms with van der Waals surface area (Å²) >= 11 is 6.09. The second-order valence-electron chi connectivity index (χ2n) is 5.88. The fourth-order valence-corrected chi connectivity index (χ4v) is 3.20. The summed E-state index contributed by atoms with van der Waals surface area (Å²) in [6, 6.07) is 9.17. The molecule has 1 atom stereocenters. The first-order valence-electron chi connectivity index (χ1n) is 8.02. The van der Waals surface area contributed by atoms with E-state index in [9.17, 15) is 0 Å². The highest BCUT2D eigenvalue weighted by molar-refractivity contribution is 6.30. The molecular formula is C17H27ClN2O. The second-order valence-corrected chi connectivity index (χ2v) is 6.32. The summed E-state index contributed by atoms with van der Waals surface area (Å²) in [5.41, 5.74) is 1.25. The number of aliphatic hydroxyl groups is 1. The first-order chi connectivity index (χ1) is 10.2. The molecule has 0 amide bonds. The molecule has 3 nitrogen and oxygen atoms in total. The largest absolute Gasteiger partial charge is 0.396 e. The van der Waals surface area contributed by atoms with Gasteiger partial charge in [-0.3, -0.25) is 0 Å². The van der Waals surface area contributed by atoms with Crippen LogP contribution in [0.1, 0.15) is 43.7 Å². The van der Waals surface area contributed by atoms with Gasteiger partial charge in [0.1, 0.15) is 0 Å². The topological polar surface area (TPSA) is 35.5 Å². The van der Waals surface area contributed by atoms with E-state index in [0.29, 0.717) is 6.04 Å². The quantitative estimate of drug-likeness (QED) is 0.735. The fraction of sp³-hybridized carbons (Fsp3) is 0.647. The molecule has 0 radical (unpaired) electrons. The Morgan fingerprint density at radius 2 is 2.19 bits per heavy atom. The van der Waals surface area contributed by atoms with Gasteiger partial charge in [-0.1, -0.05) is 30.2 Å². The normalized spacial score (nSPS) is 17.0. The highest BCUT2D eigenvalue weighted by Crippen LogP contribution is 2.27. The van der Waals surface area contributed by atoms with Crippen LogP contribution in [0.5, 0.6) is 0 Å². The highest BCUT2D eigenvalue weighted by Gasteiger charge is 2.25. The van der Waals surface area contributed by atoms with Crippen molar-refractivity contribution >= 4 is 11.6 Å². The van der Waals surface area contributed by atoms with Gasteiger partial charge >= 0.3 is 0 Å². The van der Waals surface area contributed by atoms with Crippen molar-refractivity contribution in [3.8, 4) is 0 Å². The van der Waals surface area contributed by atoms with Crippen LogP contribution >= 0.6 is 11.6 Å². The van der Waals surface area contributed by atoms with Gasteiger partial charge in [0.05, 0.1) is 0 Å². The fourth-order valence-electron chi connectivity index (χ4n) is 3.00. The molecule has 0 spiro atoms. The standard InChI is InChI=1S/C17H27ClN2O/c1-19-17(14-5-2-6-15(18)13-14)9-11-20(10-4-12-21)16-7-3-8-16/h2,5-6,13,16-17,19,21H,3-4,7-12H2,1H3. The SMILES string of the molecule is CNC(CCN(CCCO)C1CCC1)c1cccc(Cl)c1. The summed E-state index contributed by atoms with van der Waals surface area (Å²) in [6.45, 7) is 2.36. The van der Waals surface area contributed by atoms with Crippen molar-refractivity contribution in [2.24, 2.45) is 0 Å². The summed E-state index contributed by atoms with van der Waals surface area (Å²) < 4.78 is 0. The van der Waals surface area contributed by atoms with Crippen LogP contribution in [-0.2, 0) is 0 Å². The van der Waals surface area contributed by atoms with Gasteiger partial charge in [-0.15, -0.1) is 0 Å². The Bertz CT molecular complexity index is 423. The van der Waals surface area contributed by atoms with Gasteiger partial charge in [0.25, 0.3) is 0 Å². The molecule has 1 aliphatic rings. The first kappa shape index (κ1) is 16.8. The van der Waals surface area contributed by atoms with Crippen molar-refractivity contribution in [3.05, 3.63) is 34.9 Å².